The minimum absolute atomic E-state index is 0.720. The zero-order valence-corrected chi connectivity index (χ0v) is 10.1. The van der Waals surface area contributed by atoms with Gasteiger partial charge in [0, 0.05) is 19.1 Å². The molecule has 1 atom stereocenters. The molecule has 0 radical (unpaired) electrons. The van der Waals surface area contributed by atoms with Crippen molar-refractivity contribution >= 4 is 0 Å². The third-order valence-electron chi connectivity index (χ3n) is 3.75. The summed E-state index contributed by atoms with van der Waals surface area (Å²) in [5.74, 6) is 0. The van der Waals surface area contributed by atoms with Gasteiger partial charge in [0.15, 0.2) is 0 Å². The van der Waals surface area contributed by atoms with Crippen LogP contribution >= 0.6 is 0 Å². The van der Waals surface area contributed by atoms with Crippen LogP contribution in [0.25, 0.3) is 0 Å². The molecule has 0 aromatic heterocycles. The largest absolute Gasteiger partial charge is 0.296 e. The number of rotatable bonds is 2. The van der Waals surface area contributed by atoms with E-state index in [1.54, 1.807) is 11.1 Å². The molecular weight excluding hydrogens is 182 g/mol. The van der Waals surface area contributed by atoms with Crippen LogP contribution < -0.4 is 0 Å². The Hall–Kier alpha value is -0.820. The number of benzene rings is 1. The van der Waals surface area contributed by atoms with Gasteiger partial charge in [-0.2, -0.15) is 0 Å². The first-order valence-corrected chi connectivity index (χ1v) is 6.03. The highest BCUT2D eigenvalue weighted by Crippen LogP contribution is 2.23. The Labute approximate surface area is 93.1 Å². The SMILES string of the molecule is CCC(C)N1CCc2cccc(C)c2C1. The average Bonchev–Trinajstić information content (AvgIpc) is 2.28. The minimum atomic E-state index is 0.720. The molecule has 0 saturated heterocycles. The van der Waals surface area contributed by atoms with Gasteiger partial charge < -0.3 is 0 Å². The molecule has 0 fully saturated rings. The Kier molecular flexibility index (Phi) is 3.11. The van der Waals surface area contributed by atoms with Crippen molar-refractivity contribution in [2.45, 2.75) is 46.2 Å². The quantitative estimate of drug-likeness (QED) is 0.713. The van der Waals surface area contributed by atoms with Crippen LogP contribution in [-0.4, -0.2) is 17.5 Å². The van der Waals surface area contributed by atoms with E-state index in [4.69, 9.17) is 0 Å². The summed E-state index contributed by atoms with van der Waals surface area (Å²) < 4.78 is 0. The fourth-order valence-corrected chi connectivity index (χ4v) is 2.40. The van der Waals surface area contributed by atoms with Gasteiger partial charge in [0.05, 0.1) is 0 Å². The van der Waals surface area contributed by atoms with E-state index in [9.17, 15) is 0 Å². The van der Waals surface area contributed by atoms with Crippen LogP contribution in [0.2, 0.25) is 0 Å². The van der Waals surface area contributed by atoms with E-state index in [0.29, 0.717) is 0 Å². The number of aryl methyl sites for hydroxylation is 1. The maximum absolute atomic E-state index is 2.61. The molecular formula is C14H21N. The Balaban J connectivity index is 2.22. The molecule has 1 unspecified atom stereocenters. The van der Waals surface area contributed by atoms with E-state index >= 15 is 0 Å². The molecule has 1 aromatic rings. The van der Waals surface area contributed by atoms with Crippen LogP contribution in [0.3, 0.4) is 0 Å². The molecule has 1 nitrogen and oxygen atoms in total. The van der Waals surface area contributed by atoms with Crippen molar-refractivity contribution in [1.82, 2.24) is 4.90 Å². The predicted octanol–water partition coefficient (Wildman–Crippen LogP) is 3.15. The van der Waals surface area contributed by atoms with Crippen molar-refractivity contribution in [3.05, 3.63) is 34.9 Å². The predicted molar refractivity (Wildman–Crippen MR) is 65.0 cm³/mol. The van der Waals surface area contributed by atoms with Crippen molar-refractivity contribution in [3.63, 3.8) is 0 Å². The van der Waals surface area contributed by atoms with E-state index in [1.807, 2.05) is 0 Å². The van der Waals surface area contributed by atoms with Crippen LogP contribution in [0.5, 0.6) is 0 Å². The van der Waals surface area contributed by atoms with Crippen LogP contribution in [0.4, 0.5) is 0 Å². The smallest absolute Gasteiger partial charge is 0.0242 e. The molecule has 0 amide bonds. The lowest BCUT2D eigenvalue weighted by Crippen LogP contribution is -2.37. The summed E-state index contributed by atoms with van der Waals surface area (Å²) in [5, 5.41) is 0. The zero-order valence-electron chi connectivity index (χ0n) is 10.1. The lowest BCUT2D eigenvalue weighted by atomic mass is 9.94. The second-order valence-electron chi connectivity index (χ2n) is 4.69. The number of nitrogens with zero attached hydrogens (tertiary/aromatic N) is 1. The van der Waals surface area contributed by atoms with Gasteiger partial charge in [-0.25, -0.2) is 0 Å². The molecule has 1 aliphatic rings. The van der Waals surface area contributed by atoms with Gasteiger partial charge in [-0.05, 0) is 43.4 Å². The summed E-state index contributed by atoms with van der Waals surface area (Å²) in [4.78, 5) is 2.61. The lowest BCUT2D eigenvalue weighted by molar-refractivity contribution is 0.186. The zero-order chi connectivity index (χ0) is 10.8. The van der Waals surface area contributed by atoms with Crippen LogP contribution in [-0.2, 0) is 13.0 Å². The standard InChI is InChI=1S/C14H21N/c1-4-12(3)15-9-8-13-7-5-6-11(2)14(13)10-15/h5-7,12H,4,8-10H2,1-3H3. The first-order valence-electron chi connectivity index (χ1n) is 6.03. The molecule has 0 spiro atoms. The van der Waals surface area contributed by atoms with Gasteiger partial charge in [-0.1, -0.05) is 25.1 Å². The maximum atomic E-state index is 2.61. The van der Waals surface area contributed by atoms with Crippen molar-refractivity contribution in [2.75, 3.05) is 6.54 Å². The summed E-state index contributed by atoms with van der Waals surface area (Å²) in [6.07, 6.45) is 2.47. The van der Waals surface area contributed by atoms with E-state index in [2.05, 4.69) is 43.9 Å². The fourth-order valence-electron chi connectivity index (χ4n) is 2.40. The van der Waals surface area contributed by atoms with Gasteiger partial charge in [0.2, 0.25) is 0 Å². The monoisotopic (exact) mass is 203 g/mol. The fraction of sp³-hybridized carbons (Fsp3) is 0.571. The Morgan fingerprint density at radius 1 is 1.40 bits per heavy atom. The van der Waals surface area contributed by atoms with Crippen LogP contribution in [0, 0.1) is 6.92 Å². The summed E-state index contributed by atoms with van der Waals surface area (Å²) in [6.45, 7) is 9.22. The molecule has 0 aliphatic carbocycles. The van der Waals surface area contributed by atoms with Gasteiger partial charge >= 0.3 is 0 Å². The maximum Gasteiger partial charge on any atom is 0.0242 e. The highest BCUT2D eigenvalue weighted by molar-refractivity contribution is 5.36. The van der Waals surface area contributed by atoms with Crippen LogP contribution in [0.15, 0.2) is 18.2 Å². The molecule has 2 rings (SSSR count). The second kappa shape index (κ2) is 4.36. The van der Waals surface area contributed by atoms with E-state index < -0.39 is 0 Å². The average molecular weight is 203 g/mol. The molecule has 1 aliphatic heterocycles. The number of hydrogen-bond acceptors (Lipinski definition) is 1. The highest BCUT2D eigenvalue weighted by Gasteiger charge is 2.20. The van der Waals surface area contributed by atoms with E-state index in [0.717, 1.165) is 12.6 Å². The van der Waals surface area contributed by atoms with Crippen molar-refractivity contribution in [1.29, 1.82) is 0 Å². The van der Waals surface area contributed by atoms with Gasteiger partial charge in [-0.15, -0.1) is 0 Å². The van der Waals surface area contributed by atoms with Crippen molar-refractivity contribution in [2.24, 2.45) is 0 Å². The molecule has 15 heavy (non-hydrogen) atoms. The van der Waals surface area contributed by atoms with E-state index in [1.165, 1.54) is 24.9 Å². The lowest BCUT2D eigenvalue weighted by Gasteiger charge is -2.34. The molecule has 1 aromatic carbocycles. The van der Waals surface area contributed by atoms with Gasteiger partial charge in [0.1, 0.15) is 0 Å². The molecule has 82 valence electrons. The summed E-state index contributed by atoms with van der Waals surface area (Å²) in [7, 11) is 0. The van der Waals surface area contributed by atoms with Crippen molar-refractivity contribution in [3.8, 4) is 0 Å². The number of fused-ring (bicyclic) bond motifs is 1. The first kappa shape index (κ1) is 10.7. The third-order valence-corrected chi connectivity index (χ3v) is 3.75. The van der Waals surface area contributed by atoms with E-state index in [-0.39, 0.29) is 0 Å². The summed E-state index contributed by atoms with van der Waals surface area (Å²) in [6, 6.07) is 7.43. The van der Waals surface area contributed by atoms with Crippen molar-refractivity contribution < 1.29 is 0 Å². The second-order valence-corrected chi connectivity index (χ2v) is 4.69. The molecule has 1 heterocycles. The number of hydrogen-bond donors (Lipinski definition) is 0. The Morgan fingerprint density at radius 3 is 2.93 bits per heavy atom. The van der Waals surface area contributed by atoms with Crippen LogP contribution in [0.1, 0.15) is 37.0 Å². The third kappa shape index (κ3) is 2.07. The normalized spacial score (nSPS) is 18.6. The topological polar surface area (TPSA) is 3.24 Å². The summed E-state index contributed by atoms with van der Waals surface area (Å²) in [5.41, 5.74) is 4.60. The molecule has 1 heteroatoms. The highest BCUT2D eigenvalue weighted by atomic mass is 15.1. The minimum Gasteiger partial charge on any atom is -0.296 e. The Morgan fingerprint density at radius 2 is 2.20 bits per heavy atom. The van der Waals surface area contributed by atoms with Gasteiger partial charge in [0.25, 0.3) is 0 Å². The van der Waals surface area contributed by atoms with Gasteiger partial charge in [-0.3, -0.25) is 4.90 Å². The summed E-state index contributed by atoms with van der Waals surface area (Å²) >= 11 is 0. The first-order chi connectivity index (χ1) is 7.22. The molecule has 0 N–H and O–H groups in total. The molecule has 0 bridgehead atoms. The molecule has 0 saturated carbocycles. The Bertz CT molecular complexity index is 343.